The maximum Gasteiger partial charge on any atom is 0.214 e. The molecule has 0 fully saturated rings. The van der Waals surface area contributed by atoms with Crippen molar-refractivity contribution in [3.63, 3.8) is 0 Å². The van der Waals surface area contributed by atoms with Gasteiger partial charge in [0, 0.05) is 28.3 Å². The maximum atomic E-state index is 11.5. The molecule has 0 aliphatic rings. The number of aromatic nitrogens is 2. The number of hydrogen-bond acceptors (Lipinski definition) is 7. The summed E-state index contributed by atoms with van der Waals surface area (Å²) in [5.41, 5.74) is 8.23. The minimum absolute atomic E-state index is 0.00251. The van der Waals surface area contributed by atoms with E-state index in [-0.39, 0.29) is 13.2 Å². The predicted octanol–water partition coefficient (Wildman–Crippen LogP) is 2.07. The van der Waals surface area contributed by atoms with Crippen LogP contribution in [-0.2, 0) is 11.3 Å². The summed E-state index contributed by atoms with van der Waals surface area (Å²) in [4.78, 5) is 21.2. The van der Waals surface area contributed by atoms with E-state index in [1.807, 2.05) is 13.0 Å². The first-order chi connectivity index (χ1) is 10.9. The van der Waals surface area contributed by atoms with Crippen molar-refractivity contribution in [1.82, 2.24) is 14.9 Å². The summed E-state index contributed by atoms with van der Waals surface area (Å²) in [5.74, 6) is 0.936. The van der Waals surface area contributed by atoms with Crippen molar-refractivity contribution in [1.29, 1.82) is 0 Å². The van der Waals surface area contributed by atoms with E-state index in [0.29, 0.717) is 34.3 Å². The zero-order valence-corrected chi connectivity index (χ0v) is 15.0. The molecule has 126 valence electrons. The fourth-order valence-corrected chi connectivity index (χ4v) is 2.22. The van der Waals surface area contributed by atoms with Crippen LogP contribution in [0.5, 0.6) is 0 Å². The quantitative estimate of drug-likeness (QED) is 0.424. The Morgan fingerprint density at radius 2 is 2.17 bits per heavy atom. The Kier molecular flexibility index (Phi) is 8.15. The molecule has 1 rings (SSSR count). The average molecular weight is 355 g/mol. The van der Waals surface area contributed by atoms with Crippen LogP contribution in [0.2, 0.25) is 0 Å². The Balaban J connectivity index is 3.06. The van der Waals surface area contributed by atoms with Gasteiger partial charge >= 0.3 is 0 Å². The highest BCUT2D eigenvalue weighted by atomic mass is 32.2. The third kappa shape index (κ3) is 6.25. The highest BCUT2D eigenvalue weighted by Gasteiger charge is 2.13. The number of carbonyl (C=O) groups is 1. The zero-order chi connectivity index (χ0) is 17.4. The fraction of sp³-hybridized carbons (Fsp3) is 0.400. The van der Waals surface area contributed by atoms with Crippen molar-refractivity contribution in [3.05, 3.63) is 39.2 Å². The van der Waals surface area contributed by atoms with E-state index in [2.05, 4.69) is 35.2 Å². The zero-order valence-electron chi connectivity index (χ0n) is 13.2. The highest BCUT2D eigenvalue weighted by Crippen LogP contribution is 2.21. The lowest BCUT2D eigenvalue weighted by atomic mass is 10.1. The molecule has 0 unspecified atom stereocenters. The fourth-order valence-electron chi connectivity index (χ4n) is 2.04. The Morgan fingerprint density at radius 3 is 2.70 bits per heavy atom. The van der Waals surface area contributed by atoms with Crippen molar-refractivity contribution in [3.8, 4) is 0 Å². The summed E-state index contributed by atoms with van der Waals surface area (Å²) in [7, 11) is 0. The van der Waals surface area contributed by atoms with Crippen LogP contribution in [0.3, 0.4) is 0 Å². The van der Waals surface area contributed by atoms with E-state index < -0.39 is 0 Å². The van der Waals surface area contributed by atoms with Gasteiger partial charge in [0.05, 0.1) is 6.54 Å². The van der Waals surface area contributed by atoms with E-state index >= 15 is 0 Å². The van der Waals surface area contributed by atoms with E-state index in [9.17, 15) is 9.90 Å². The van der Waals surface area contributed by atoms with Gasteiger partial charge in [0.1, 0.15) is 11.6 Å². The summed E-state index contributed by atoms with van der Waals surface area (Å²) in [6, 6.07) is 0. The van der Waals surface area contributed by atoms with Crippen molar-refractivity contribution in [2.45, 2.75) is 33.2 Å². The van der Waals surface area contributed by atoms with Crippen LogP contribution >= 0.6 is 25.3 Å². The third-order valence-electron chi connectivity index (χ3n) is 3.37. The molecular weight excluding hydrogens is 332 g/mol. The minimum atomic E-state index is -0.00251. The van der Waals surface area contributed by atoms with Crippen LogP contribution in [-0.4, -0.2) is 33.0 Å². The summed E-state index contributed by atoms with van der Waals surface area (Å²) in [5, 5.41) is 9.23. The summed E-state index contributed by atoms with van der Waals surface area (Å²) >= 11 is 8.22. The largest absolute Gasteiger partial charge is 0.396 e. The SMILES string of the molecule is CC(=C(CC=C(S)S)CCO)N(C=O)Cc1cnc(C)nc1N. The Hall–Kier alpha value is -1.51. The number of rotatable bonds is 8. The van der Waals surface area contributed by atoms with Crippen LogP contribution in [0.15, 0.2) is 27.8 Å². The van der Waals surface area contributed by atoms with E-state index in [1.165, 1.54) is 4.90 Å². The molecule has 0 saturated carbocycles. The monoisotopic (exact) mass is 354 g/mol. The number of allylic oxidation sites excluding steroid dienone is 2. The number of aliphatic hydroxyl groups is 1. The number of nitrogen functional groups attached to an aromatic ring is 1. The molecule has 0 spiro atoms. The second-order valence-electron chi connectivity index (χ2n) is 4.99. The number of amides is 1. The van der Waals surface area contributed by atoms with Crippen LogP contribution < -0.4 is 5.73 Å². The van der Waals surface area contributed by atoms with Gasteiger partial charge in [0.15, 0.2) is 0 Å². The number of nitrogens with zero attached hydrogens (tertiary/aromatic N) is 3. The maximum absolute atomic E-state index is 11.5. The van der Waals surface area contributed by atoms with Crippen molar-refractivity contribution in [2.24, 2.45) is 0 Å². The molecule has 23 heavy (non-hydrogen) atoms. The van der Waals surface area contributed by atoms with E-state index in [1.54, 1.807) is 13.1 Å². The molecule has 8 heteroatoms. The first-order valence-electron chi connectivity index (χ1n) is 7.06. The van der Waals surface area contributed by atoms with Crippen LogP contribution in [0.25, 0.3) is 0 Å². The molecule has 1 heterocycles. The molecule has 0 radical (unpaired) electrons. The van der Waals surface area contributed by atoms with Gasteiger partial charge in [0.25, 0.3) is 0 Å². The Labute approximate surface area is 147 Å². The van der Waals surface area contributed by atoms with E-state index in [0.717, 1.165) is 17.7 Å². The predicted molar refractivity (Wildman–Crippen MR) is 97.9 cm³/mol. The van der Waals surface area contributed by atoms with Crippen LogP contribution in [0, 0.1) is 6.92 Å². The van der Waals surface area contributed by atoms with Gasteiger partial charge in [-0.2, -0.15) is 0 Å². The van der Waals surface area contributed by atoms with Gasteiger partial charge in [-0.05, 0) is 32.3 Å². The smallest absolute Gasteiger partial charge is 0.214 e. The molecule has 0 aliphatic carbocycles. The van der Waals surface area contributed by atoms with Crippen LogP contribution in [0.4, 0.5) is 5.82 Å². The standard InChI is InChI=1S/C15H22N4O2S2/c1-10(12(5-6-20)3-4-14(22)23)19(9-21)8-13-7-17-11(2)18-15(13)16/h4,7,9,20,22-23H,3,5-6,8H2,1-2H3,(H2,16,17,18). The second kappa shape index (κ2) is 9.59. The van der Waals surface area contributed by atoms with Gasteiger partial charge in [-0.1, -0.05) is 6.08 Å². The molecule has 0 saturated heterocycles. The number of aliphatic hydroxyl groups excluding tert-OH is 1. The molecule has 6 nitrogen and oxygen atoms in total. The number of aryl methyl sites for hydroxylation is 1. The lowest BCUT2D eigenvalue weighted by Crippen LogP contribution is -2.22. The Morgan fingerprint density at radius 1 is 1.48 bits per heavy atom. The van der Waals surface area contributed by atoms with Gasteiger partial charge in [-0.3, -0.25) is 4.79 Å². The van der Waals surface area contributed by atoms with Crippen molar-refractivity contribution in [2.75, 3.05) is 12.3 Å². The lowest BCUT2D eigenvalue weighted by molar-refractivity contribution is -0.117. The normalized spacial score (nSPS) is 11.7. The van der Waals surface area contributed by atoms with Crippen LogP contribution in [0.1, 0.15) is 31.2 Å². The number of carbonyl (C=O) groups excluding carboxylic acids is 1. The first kappa shape index (κ1) is 19.5. The first-order valence-corrected chi connectivity index (χ1v) is 7.96. The van der Waals surface area contributed by atoms with Gasteiger partial charge in [-0.25, -0.2) is 9.97 Å². The lowest BCUT2D eigenvalue weighted by Gasteiger charge is -2.22. The number of anilines is 1. The van der Waals surface area contributed by atoms with Gasteiger partial charge in [-0.15, -0.1) is 25.3 Å². The summed E-state index contributed by atoms with van der Waals surface area (Å²) < 4.78 is 0.585. The highest BCUT2D eigenvalue weighted by molar-refractivity contribution is 8.05. The van der Waals surface area contributed by atoms with Crippen molar-refractivity contribution >= 4 is 37.5 Å². The molecule has 0 aliphatic heterocycles. The average Bonchev–Trinajstić information content (AvgIpc) is 2.50. The number of thiol groups is 2. The molecule has 1 amide bonds. The minimum Gasteiger partial charge on any atom is -0.396 e. The number of hydrogen-bond donors (Lipinski definition) is 4. The van der Waals surface area contributed by atoms with E-state index in [4.69, 9.17) is 5.73 Å². The third-order valence-corrected chi connectivity index (χ3v) is 3.74. The molecule has 3 N–H and O–H groups in total. The number of nitrogens with two attached hydrogens (primary N) is 1. The van der Waals surface area contributed by atoms with Gasteiger partial charge in [0.2, 0.25) is 6.41 Å². The second-order valence-corrected chi connectivity index (χ2v) is 6.31. The Bertz CT molecular complexity index is 613. The summed E-state index contributed by atoms with van der Waals surface area (Å²) in [6.45, 7) is 3.85. The summed E-state index contributed by atoms with van der Waals surface area (Å²) in [6.07, 6.45) is 5.18. The molecule has 1 aromatic rings. The van der Waals surface area contributed by atoms with Crippen molar-refractivity contribution < 1.29 is 9.90 Å². The molecule has 0 aromatic carbocycles. The molecule has 0 bridgehead atoms. The molecule has 0 atom stereocenters. The molecular formula is C15H22N4O2S2. The molecule has 1 aromatic heterocycles. The van der Waals surface area contributed by atoms with Gasteiger partial charge < -0.3 is 15.7 Å². The topological polar surface area (TPSA) is 92.3 Å².